The van der Waals surface area contributed by atoms with Gasteiger partial charge in [-0.2, -0.15) is 0 Å². The summed E-state index contributed by atoms with van der Waals surface area (Å²) in [6.07, 6.45) is 12.1. The zero-order valence-electron chi connectivity index (χ0n) is 36.4. The van der Waals surface area contributed by atoms with E-state index in [-0.39, 0.29) is 51.9 Å². The second-order valence-corrected chi connectivity index (χ2v) is 23.1. The van der Waals surface area contributed by atoms with E-state index in [1.165, 1.54) is 6.07 Å². The number of hydrogen-bond acceptors (Lipinski definition) is 8. The fourth-order valence-corrected chi connectivity index (χ4v) is 8.36. The van der Waals surface area contributed by atoms with E-state index in [1.807, 2.05) is 30.5 Å². The summed E-state index contributed by atoms with van der Waals surface area (Å²) in [7, 11) is -1.89. The number of ether oxygens (including phenoxy) is 4. The Labute approximate surface area is 372 Å². The Bertz CT molecular complexity index is 1910. The van der Waals surface area contributed by atoms with Gasteiger partial charge in [-0.15, -0.1) is 0 Å². The van der Waals surface area contributed by atoms with Gasteiger partial charge in [-0.1, -0.05) is 80.4 Å². The van der Waals surface area contributed by atoms with Gasteiger partial charge in [0, 0.05) is 68.3 Å². The molecule has 4 atom stereocenters. The summed E-state index contributed by atoms with van der Waals surface area (Å²) >= 11 is 11.8. The molecule has 334 valence electrons. The number of aliphatic hydroxyl groups excluding tert-OH is 1. The first-order valence-corrected chi connectivity index (χ1v) is 25.4. The topological polar surface area (TPSA) is 92.2 Å². The first kappa shape index (κ1) is 49.2. The average Bonchev–Trinajstić information content (AvgIpc) is 3.25. The lowest BCUT2D eigenvalue weighted by Gasteiger charge is -2.37. The fraction of sp³-hybridized carbons (Fsp3) is 0.542. The van der Waals surface area contributed by atoms with Gasteiger partial charge in [0.1, 0.15) is 11.6 Å². The van der Waals surface area contributed by atoms with E-state index in [4.69, 9.17) is 51.6 Å². The molecule has 2 fully saturated rings. The Morgan fingerprint density at radius 1 is 0.721 bits per heavy atom. The third-order valence-corrected chi connectivity index (χ3v) is 17.0. The molecule has 0 aliphatic carbocycles. The normalized spacial score (nSPS) is 18.3. The summed E-state index contributed by atoms with van der Waals surface area (Å²) in [5.41, 5.74) is 4.73. The molecule has 4 unspecified atom stereocenters. The van der Waals surface area contributed by atoms with Crippen molar-refractivity contribution in [3.05, 3.63) is 128 Å². The second-order valence-electron chi connectivity index (χ2n) is 17.5. The van der Waals surface area contributed by atoms with Gasteiger partial charge >= 0.3 is 0 Å². The Hall–Kier alpha value is -2.84. The minimum atomic E-state index is -1.89. The highest BCUT2D eigenvalue weighted by Gasteiger charge is 2.38. The largest absolute Gasteiger partial charge is 0.416 e. The number of aliphatic hydroxyl groups is 1. The van der Waals surface area contributed by atoms with Crippen molar-refractivity contribution >= 4 is 31.5 Å². The van der Waals surface area contributed by atoms with Crippen LogP contribution in [0.2, 0.25) is 28.2 Å². The third-order valence-electron chi connectivity index (χ3n) is 11.9. The van der Waals surface area contributed by atoms with E-state index in [2.05, 4.69) is 38.8 Å². The summed E-state index contributed by atoms with van der Waals surface area (Å²) in [6, 6.07) is 17.9. The molecule has 13 heteroatoms. The highest BCUT2D eigenvalue weighted by molar-refractivity contribution is 6.74. The van der Waals surface area contributed by atoms with Crippen LogP contribution in [-0.4, -0.2) is 75.6 Å². The molecule has 0 spiro atoms. The van der Waals surface area contributed by atoms with E-state index < -0.39 is 14.1 Å². The molecule has 1 N–H and O–H groups in total. The third kappa shape index (κ3) is 15.4. The quantitative estimate of drug-likeness (QED) is 0.0988. The smallest absolute Gasteiger partial charge is 0.192 e. The maximum atomic E-state index is 14.3. The van der Waals surface area contributed by atoms with E-state index in [9.17, 15) is 13.9 Å². The summed E-state index contributed by atoms with van der Waals surface area (Å²) in [6.45, 7) is 14.6. The summed E-state index contributed by atoms with van der Waals surface area (Å²) in [5, 5.41) is 10.1. The molecule has 4 heterocycles. The summed E-state index contributed by atoms with van der Waals surface area (Å²) in [5.74, 6) is -0.727. The second kappa shape index (κ2) is 24.3. The maximum absolute atomic E-state index is 14.3. The first-order chi connectivity index (χ1) is 29.2. The SMILES string of the molecule is CC(C)(C)[Si](C)(C)OCC(CCOC1CCCCO1)c1ccc(Cc2cccc(Cl)c2F)cn1.OCC(CCOC1CCCCO1)c1ccc(Cc2cccc(Cl)c2F)cn1. The van der Waals surface area contributed by atoms with Crippen LogP contribution in [0.1, 0.15) is 118 Å². The summed E-state index contributed by atoms with van der Waals surface area (Å²) in [4.78, 5) is 9.21. The molecule has 2 aromatic heterocycles. The van der Waals surface area contributed by atoms with E-state index in [0.717, 1.165) is 80.7 Å². The van der Waals surface area contributed by atoms with Crippen molar-refractivity contribution in [3.8, 4) is 0 Å². The van der Waals surface area contributed by atoms with Gasteiger partial charge in [0.2, 0.25) is 0 Å². The predicted octanol–water partition coefficient (Wildman–Crippen LogP) is 12.0. The van der Waals surface area contributed by atoms with Crippen LogP contribution in [0.25, 0.3) is 0 Å². The molecule has 0 radical (unpaired) electrons. The standard InChI is InChI=1S/C27H39ClFNO3Si.C21H25ClFNO3/c1-27(2,3)34(4,5)33-19-22(14-16-32-25-11-6-7-15-31-25)24-13-12-20(18-30-24)17-21-9-8-10-23(28)26(21)29;22-18-5-3-4-16(21(18)23)12-15-7-8-19(24-13-15)17(14-25)9-11-27-20-6-1-2-10-26-20/h8-10,12-13,18,22,25H,6-7,11,14-17,19H2,1-5H3;3-5,7-8,13,17,20,25H,1-2,6,9-12,14H2. The molecular formula is C48H64Cl2F2N2O6Si. The van der Waals surface area contributed by atoms with Gasteiger partial charge in [-0.05, 0) is 116 Å². The van der Waals surface area contributed by atoms with E-state index >= 15 is 0 Å². The number of benzene rings is 2. The Morgan fingerprint density at radius 2 is 1.20 bits per heavy atom. The first-order valence-electron chi connectivity index (χ1n) is 21.7. The molecule has 0 saturated carbocycles. The van der Waals surface area contributed by atoms with Crippen LogP contribution < -0.4 is 0 Å². The molecule has 2 aromatic carbocycles. The molecule has 2 aliphatic rings. The number of rotatable bonds is 18. The van der Waals surface area contributed by atoms with Crippen molar-refractivity contribution in [2.24, 2.45) is 0 Å². The van der Waals surface area contributed by atoms with Gasteiger partial charge < -0.3 is 28.5 Å². The van der Waals surface area contributed by atoms with Crippen molar-refractivity contribution in [1.82, 2.24) is 9.97 Å². The molecule has 61 heavy (non-hydrogen) atoms. The zero-order chi connectivity index (χ0) is 43.8. The lowest BCUT2D eigenvalue weighted by molar-refractivity contribution is -0.163. The van der Waals surface area contributed by atoms with Crippen LogP contribution in [0.5, 0.6) is 0 Å². The maximum Gasteiger partial charge on any atom is 0.192 e. The van der Waals surface area contributed by atoms with Crippen LogP contribution in [0.15, 0.2) is 73.1 Å². The molecule has 6 rings (SSSR count). The van der Waals surface area contributed by atoms with Gasteiger partial charge in [0.05, 0.1) is 29.9 Å². The van der Waals surface area contributed by atoms with Gasteiger partial charge in [0.25, 0.3) is 0 Å². The molecule has 0 bridgehead atoms. The van der Waals surface area contributed by atoms with Crippen molar-refractivity contribution in [1.29, 1.82) is 0 Å². The van der Waals surface area contributed by atoms with Crippen LogP contribution in [0.3, 0.4) is 0 Å². The Morgan fingerprint density at radius 3 is 1.61 bits per heavy atom. The Kier molecular flexibility index (Phi) is 19.6. The minimum Gasteiger partial charge on any atom is -0.416 e. The van der Waals surface area contributed by atoms with Crippen LogP contribution in [-0.2, 0) is 36.2 Å². The monoisotopic (exact) mass is 900 g/mol. The average molecular weight is 902 g/mol. The van der Waals surface area contributed by atoms with Crippen LogP contribution in [0, 0.1) is 11.6 Å². The van der Waals surface area contributed by atoms with Crippen molar-refractivity contribution in [3.63, 3.8) is 0 Å². The molecular weight excluding hydrogens is 838 g/mol. The number of halogens is 4. The molecule has 2 aliphatic heterocycles. The van der Waals surface area contributed by atoms with Crippen molar-refractivity contribution in [2.45, 2.75) is 128 Å². The minimum absolute atomic E-state index is 0.00412. The number of pyridine rings is 2. The molecule has 0 amide bonds. The van der Waals surface area contributed by atoms with Gasteiger partial charge in [-0.25, -0.2) is 8.78 Å². The fourth-order valence-electron chi connectivity index (χ4n) is 6.92. The molecule has 2 saturated heterocycles. The van der Waals surface area contributed by atoms with E-state index in [1.54, 1.807) is 36.5 Å². The molecule has 4 aromatic rings. The number of nitrogens with zero attached hydrogens (tertiary/aromatic N) is 2. The van der Waals surface area contributed by atoms with Crippen molar-refractivity contribution < 1.29 is 37.3 Å². The lowest BCUT2D eigenvalue weighted by Crippen LogP contribution is -2.41. The number of hydrogen-bond donors (Lipinski definition) is 1. The molecule has 8 nitrogen and oxygen atoms in total. The highest BCUT2D eigenvalue weighted by Crippen LogP contribution is 2.38. The van der Waals surface area contributed by atoms with E-state index in [0.29, 0.717) is 50.2 Å². The number of aromatic nitrogens is 2. The zero-order valence-corrected chi connectivity index (χ0v) is 39.0. The van der Waals surface area contributed by atoms with Gasteiger partial charge in [-0.3, -0.25) is 9.97 Å². The van der Waals surface area contributed by atoms with Crippen LogP contribution >= 0.6 is 23.2 Å². The predicted molar refractivity (Wildman–Crippen MR) is 241 cm³/mol. The highest BCUT2D eigenvalue weighted by atomic mass is 35.5. The van der Waals surface area contributed by atoms with Gasteiger partial charge in [0.15, 0.2) is 20.9 Å². The lowest BCUT2D eigenvalue weighted by atomic mass is 10.0. The summed E-state index contributed by atoms with van der Waals surface area (Å²) < 4.78 is 57.9. The Balaban J connectivity index is 0.000000237. The van der Waals surface area contributed by atoms with Crippen molar-refractivity contribution in [2.75, 3.05) is 39.6 Å². The van der Waals surface area contributed by atoms with Crippen LogP contribution in [0.4, 0.5) is 8.78 Å².